The van der Waals surface area contributed by atoms with Gasteiger partial charge < -0.3 is 5.32 Å². The lowest BCUT2D eigenvalue weighted by molar-refractivity contribution is 0.361. The van der Waals surface area contributed by atoms with E-state index in [1.165, 1.54) is 11.3 Å². The molecule has 5 nitrogen and oxygen atoms in total. The summed E-state index contributed by atoms with van der Waals surface area (Å²) in [7, 11) is -3.51. The molecule has 1 aromatic carbocycles. The molecule has 1 fully saturated rings. The van der Waals surface area contributed by atoms with E-state index in [1.54, 1.807) is 18.2 Å². The Morgan fingerprint density at radius 1 is 1.39 bits per heavy atom. The molecule has 0 amide bonds. The second-order valence-electron chi connectivity index (χ2n) is 6.02. The minimum Gasteiger partial charge on any atom is -0.314 e. The van der Waals surface area contributed by atoms with Gasteiger partial charge in [-0.2, -0.15) is 0 Å². The molecule has 0 aliphatic carbocycles. The van der Waals surface area contributed by atoms with E-state index in [-0.39, 0.29) is 6.04 Å². The average Bonchev–Trinajstić information content (AvgIpc) is 2.94. The molecule has 1 aliphatic rings. The molecule has 2 aromatic rings. The first-order chi connectivity index (χ1) is 10.9. The van der Waals surface area contributed by atoms with Crippen molar-refractivity contribution in [3.8, 4) is 10.6 Å². The third-order valence-electron chi connectivity index (χ3n) is 3.96. The van der Waals surface area contributed by atoms with Crippen molar-refractivity contribution in [1.29, 1.82) is 0 Å². The molecule has 1 saturated heterocycles. The molecule has 0 bridgehead atoms. The topological polar surface area (TPSA) is 71.1 Å². The summed E-state index contributed by atoms with van der Waals surface area (Å²) < 4.78 is 28.1. The first kappa shape index (κ1) is 16.6. The standard InChI is InChI=1S/C16H21N3O2S2/c1-11-8-14(6-7-17-11)19-23(20,21)15-5-3-4-13(9-15)16-18-12(2)10-22-16/h3-5,9-11,14,17,19H,6-8H2,1-2H3. The van der Waals surface area contributed by atoms with E-state index < -0.39 is 10.0 Å². The molecular weight excluding hydrogens is 330 g/mol. The molecule has 2 heterocycles. The van der Waals surface area contributed by atoms with E-state index >= 15 is 0 Å². The molecule has 2 N–H and O–H groups in total. The van der Waals surface area contributed by atoms with Gasteiger partial charge in [0.15, 0.2) is 0 Å². The number of rotatable bonds is 4. The van der Waals surface area contributed by atoms with Gasteiger partial charge >= 0.3 is 0 Å². The number of benzene rings is 1. The molecule has 1 aliphatic heterocycles. The molecule has 2 unspecified atom stereocenters. The molecular formula is C16H21N3O2S2. The number of hydrogen-bond acceptors (Lipinski definition) is 5. The highest BCUT2D eigenvalue weighted by molar-refractivity contribution is 7.89. The molecule has 0 radical (unpaired) electrons. The SMILES string of the molecule is Cc1csc(-c2cccc(S(=O)(=O)NC3CCNC(C)C3)c2)n1. The van der Waals surface area contributed by atoms with Gasteiger partial charge in [0, 0.05) is 28.7 Å². The van der Waals surface area contributed by atoms with Crippen LogP contribution in [0.5, 0.6) is 0 Å². The van der Waals surface area contributed by atoms with Gasteiger partial charge in [0.1, 0.15) is 5.01 Å². The Bertz CT molecular complexity index is 786. The predicted molar refractivity (Wildman–Crippen MR) is 93.1 cm³/mol. The summed E-state index contributed by atoms with van der Waals surface area (Å²) in [6.07, 6.45) is 1.62. The third-order valence-corrected chi connectivity index (χ3v) is 6.48. The van der Waals surface area contributed by atoms with Crippen LogP contribution in [0.3, 0.4) is 0 Å². The molecule has 1 aromatic heterocycles. The monoisotopic (exact) mass is 351 g/mol. The van der Waals surface area contributed by atoms with Gasteiger partial charge in [-0.15, -0.1) is 11.3 Å². The fraction of sp³-hybridized carbons (Fsp3) is 0.438. The maximum absolute atomic E-state index is 12.6. The summed E-state index contributed by atoms with van der Waals surface area (Å²) in [5, 5.41) is 6.13. The van der Waals surface area contributed by atoms with E-state index in [9.17, 15) is 8.42 Å². The van der Waals surface area contributed by atoms with Gasteiger partial charge in [-0.05, 0) is 45.4 Å². The Morgan fingerprint density at radius 2 is 2.22 bits per heavy atom. The molecule has 124 valence electrons. The lowest BCUT2D eigenvalue weighted by Gasteiger charge is -2.28. The minimum absolute atomic E-state index is 0.0120. The largest absolute Gasteiger partial charge is 0.314 e. The van der Waals surface area contributed by atoms with Crippen molar-refractivity contribution in [2.45, 2.75) is 43.7 Å². The van der Waals surface area contributed by atoms with E-state index in [4.69, 9.17) is 0 Å². The van der Waals surface area contributed by atoms with Crippen molar-refractivity contribution >= 4 is 21.4 Å². The fourth-order valence-electron chi connectivity index (χ4n) is 2.81. The van der Waals surface area contributed by atoms with E-state index in [0.717, 1.165) is 35.7 Å². The lowest BCUT2D eigenvalue weighted by Crippen LogP contribution is -2.46. The van der Waals surface area contributed by atoms with Gasteiger partial charge in [-0.1, -0.05) is 12.1 Å². The highest BCUT2D eigenvalue weighted by atomic mass is 32.2. The lowest BCUT2D eigenvalue weighted by atomic mass is 10.0. The van der Waals surface area contributed by atoms with Crippen LogP contribution >= 0.6 is 11.3 Å². The van der Waals surface area contributed by atoms with Crippen LogP contribution in [-0.4, -0.2) is 32.0 Å². The van der Waals surface area contributed by atoms with Gasteiger partial charge in [-0.3, -0.25) is 0 Å². The Morgan fingerprint density at radius 3 is 2.91 bits per heavy atom. The summed E-state index contributed by atoms with van der Waals surface area (Å²) in [5.74, 6) is 0. The van der Waals surface area contributed by atoms with Crippen LogP contribution in [0.2, 0.25) is 0 Å². The predicted octanol–water partition coefficient (Wildman–Crippen LogP) is 2.54. The van der Waals surface area contributed by atoms with Crippen LogP contribution in [0.25, 0.3) is 10.6 Å². The van der Waals surface area contributed by atoms with Crippen LogP contribution in [0.15, 0.2) is 34.5 Å². The van der Waals surface area contributed by atoms with Crippen LogP contribution < -0.4 is 10.0 Å². The van der Waals surface area contributed by atoms with Crippen molar-refractivity contribution in [1.82, 2.24) is 15.0 Å². The molecule has 7 heteroatoms. The average molecular weight is 351 g/mol. The van der Waals surface area contributed by atoms with Gasteiger partial charge in [0.2, 0.25) is 10.0 Å². The molecule has 0 spiro atoms. The molecule has 23 heavy (non-hydrogen) atoms. The zero-order valence-corrected chi connectivity index (χ0v) is 14.9. The van der Waals surface area contributed by atoms with Crippen molar-refractivity contribution in [2.24, 2.45) is 0 Å². The number of piperidine rings is 1. The van der Waals surface area contributed by atoms with Crippen LogP contribution in [-0.2, 0) is 10.0 Å². The zero-order chi connectivity index (χ0) is 16.4. The Hall–Kier alpha value is -1.28. The fourth-order valence-corrected chi connectivity index (χ4v) is 4.93. The Balaban J connectivity index is 1.82. The number of nitrogens with one attached hydrogen (secondary N) is 2. The third kappa shape index (κ3) is 3.98. The molecule has 3 rings (SSSR count). The van der Waals surface area contributed by atoms with Crippen LogP contribution in [0, 0.1) is 6.92 Å². The van der Waals surface area contributed by atoms with Gasteiger partial charge in [-0.25, -0.2) is 18.1 Å². The zero-order valence-electron chi connectivity index (χ0n) is 13.2. The van der Waals surface area contributed by atoms with E-state index in [2.05, 4.69) is 21.9 Å². The Labute approximate surface area is 141 Å². The number of aryl methyl sites for hydroxylation is 1. The summed E-state index contributed by atoms with van der Waals surface area (Å²) in [6.45, 7) is 4.85. The smallest absolute Gasteiger partial charge is 0.240 e. The Kier molecular flexibility index (Phi) is 4.82. The number of nitrogens with zero attached hydrogens (tertiary/aromatic N) is 1. The number of thiazole rings is 1. The highest BCUT2D eigenvalue weighted by Crippen LogP contribution is 2.26. The summed E-state index contributed by atoms with van der Waals surface area (Å²) >= 11 is 1.52. The van der Waals surface area contributed by atoms with E-state index in [0.29, 0.717) is 10.9 Å². The van der Waals surface area contributed by atoms with Crippen molar-refractivity contribution in [3.05, 3.63) is 35.3 Å². The van der Waals surface area contributed by atoms with Crippen molar-refractivity contribution < 1.29 is 8.42 Å². The number of aromatic nitrogens is 1. The summed E-state index contributed by atoms with van der Waals surface area (Å²) in [6, 6.07) is 7.32. The van der Waals surface area contributed by atoms with Crippen molar-refractivity contribution in [3.63, 3.8) is 0 Å². The normalized spacial score (nSPS) is 22.2. The minimum atomic E-state index is -3.51. The second kappa shape index (κ2) is 6.68. The number of sulfonamides is 1. The maximum Gasteiger partial charge on any atom is 0.240 e. The van der Waals surface area contributed by atoms with E-state index in [1.807, 2.05) is 18.4 Å². The first-order valence-electron chi connectivity index (χ1n) is 7.72. The van der Waals surface area contributed by atoms with Crippen molar-refractivity contribution in [2.75, 3.05) is 6.54 Å². The van der Waals surface area contributed by atoms with Gasteiger partial charge in [0.05, 0.1) is 4.90 Å². The van der Waals surface area contributed by atoms with Crippen LogP contribution in [0.4, 0.5) is 0 Å². The first-order valence-corrected chi connectivity index (χ1v) is 10.1. The summed E-state index contributed by atoms with van der Waals surface area (Å²) in [5.41, 5.74) is 1.78. The summed E-state index contributed by atoms with van der Waals surface area (Å²) in [4.78, 5) is 4.72. The quantitative estimate of drug-likeness (QED) is 0.888. The maximum atomic E-state index is 12.6. The van der Waals surface area contributed by atoms with Crippen LogP contribution in [0.1, 0.15) is 25.5 Å². The highest BCUT2D eigenvalue weighted by Gasteiger charge is 2.24. The molecule has 0 saturated carbocycles. The second-order valence-corrected chi connectivity index (χ2v) is 8.59. The number of hydrogen-bond donors (Lipinski definition) is 2. The molecule has 2 atom stereocenters. The van der Waals surface area contributed by atoms with Gasteiger partial charge in [0.25, 0.3) is 0 Å².